The summed E-state index contributed by atoms with van der Waals surface area (Å²) in [5.41, 5.74) is 3.14. The molecule has 0 saturated heterocycles. The van der Waals surface area contributed by atoms with Crippen LogP contribution >= 0.6 is 0 Å². The molecule has 0 fully saturated rings. The SMILES string of the molecule is COc1ccc(C(O)CNN)cc1OC. The number of hydrogen-bond donors (Lipinski definition) is 3. The molecule has 5 heteroatoms. The van der Waals surface area contributed by atoms with Crippen LogP contribution in [0.1, 0.15) is 11.7 Å². The average Bonchev–Trinajstić information content (AvgIpc) is 2.28. The van der Waals surface area contributed by atoms with E-state index in [9.17, 15) is 5.11 Å². The zero-order chi connectivity index (χ0) is 11.3. The number of aliphatic hydroxyl groups excluding tert-OH is 1. The number of rotatable bonds is 5. The molecule has 0 radical (unpaired) electrons. The Balaban J connectivity index is 2.92. The normalized spacial score (nSPS) is 12.3. The van der Waals surface area contributed by atoms with Gasteiger partial charge >= 0.3 is 0 Å². The monoisotopic (exact) mass is 212 g/mol. The minimum absolute atomic E-state index is 0.287. The van der Waals surface area contributed by atoms with Gasteiger partial charge in [-0.15, -0.1) is 0 Å². The molecule has 0 spiro atoms. The Bertz CT molecular complexity index is 318. The molecule has 0 bridgehead atoms. The average molecular weight is 212 g/mol. The molecule has 0 aliphatic heterocycles. The Kier molecular flexibility index (Phi) is 4.36. The molecule has 0 aromatic heterocycles. The lowest BCUT2D eigenvalue weighted by atomic mass is 10.1. The maximum absolute atomic E-state index is 9.67. The van der Waals surface area contributed by atoms with Crippen molar-refractivity contribution >= 4 is 0 Å². The molecule has 5 nitrogen and oxygen atoms in total. The Morgan fingerprint density at radius 3 is 2.53 bits per heavy atom. The first-order valence-corrected chi connectivity index (χ1v) is 4.56. The number of nitrogens with one attached hydrogen (secondary N) is 1. The minimum Gasteiger partial charge on any atom is -0.493 e. The fraction of sp³-hybridized carbons (Fsp3) is 0.400. The third-order valence-corrected chi connectivity index (χ3v) is 2.10. The zero-order valence-electron chi connectivity index (χ0n) is 8.86. The lowest BCUT2D eigenvalue weighted by Gasteiger charge is -2.13. The zero-order valence-corrected chi connectivity index (χ0v) is 8.86. The van der Waals surface area contributed by atoms with Gasteiger partial charge in [0.25, 0.3) is 0 Å². The molecule has 1 aromatic rings. The Hall–Kier alpha value is -1.30. The van der Waals surface area contributed by atoms with Gasteiger partial charge in [-0.25, -0.2) is 0 Å². The van der Waals surface area contributed by atoms with E-state index in [1.807, 2.05) is 0 Å². The number of aliphatic hydroxyl groups is 1. The highest BCUT2D eigenvalue weighted by atomic mass is 16.5. The van der Waals surface area contributed by atoms with Crippen LogP contribution < -0.4 is 20.7 Å². The van der Waals surface area contributed by atoms with Crippen molar-refractivity contribution in [1.29, 1.82) is 0 Å². The van der Waals surface area contributed by atoms with E-state index in [-0.39, 0.29) is 6.54 Å². The Morgan fingerprint density at radius 1 is 1.33 bits per heavy atom. The third kappa shape index (κ3) is 2.82. The smallest absolute Gasteiger partial charge is 0.161 e. The van der Waals surface area contributed by atoms with Gasteiger partial charge < -0.3 is 14.6 Å². The number of hydrogen-bond acceptors (Lipinski definition) is 5. The molecule has 1 rings (SSSR count). The molecule has 1 atom stereocenters. The second-order valence-corrected chi connectivity index (χ2v) is 3.04. The molecule has 15 heavy (non-hydrogen) atoms. The maximum Gasteiger partial charge on any atom is 0.161 e. The van der Waals surface area contributed by atoms with E-state index in [4.69, 9.17) is 15.3 Å². The molecule has 0 aliphatic rings. The summed E-state index contributed by atoms with van der Waals surface area (Å²) in [4.78, 5) is 0. The van der Waals surface area contributed by atoms with Crippen LogP contribution in [0, 0.1) is 0 Å². The van der Waals surface area contributed by atoms with Crippen LogP contribution in [0.2, 0.25) is 0 Å². The molecule has 4 N–H and O–H groups in total. The molecule has 84 valence electrons. The third-order valence-electron chi connectivity index (χ3n) is 2.10. The molecule has 1 unspecified atom stereocenters. The van der Waals surface area contributed by atoms with Crippen molar-refractivity contribution in [3.05, 3.63) is 23.8 Å². The van der Waals surface area contributed by atoms with Crippen LogP contribution in [-0.4, -0.2) is 25.9 Å². The summed E-state index contributed by atoms with van der Waals surface area (Å²) < 4.78 is 10.2. The molecule has 0 amide bonds. The van der Waals surface area contributed by atoms with Gasteiger partial charge in [0.2, 0.25) is 0 Å². The lowest BCUT2D eigenvalue weighted by molar-refractivity contribution is 0.174. The molecular weight excluding hydrogens is 196 g/mol. The van der Waals surface area contributed by atoms with E-state index < -0.39 is 6.10 Å². The minimum atomic E-state index is -0.658. The van der Waals surface area contributed by atoms with Gasteiger partial charge in [0.15, 0.2) is 11.5 Å². The summed E-state index contributed by atoms with van der Waals surface area (Å²) in [5.74, 6) is 6.35. The van der Waals surface area contributed by atoms with Crippen LogP contribution in [0.15, 0.2) is 18.2 Å². The number of hydrazine groups is 1. The van der Waals surface area contributed by atoms with Crippen LogP contribution in [-0.2, 0) is 0 Å². The van der Waals surface area contributed by atoms with Gasteiger partial charge in [-0.1, -0.05) is 6.07 Å². The van der Waals surface area contributed by atoms with Gasteiger partial charge in [-0.05, 0) is 17.7 Å². The summed E-state index contributed by atoms with van der Waals surface area (Å²) in [6, 6.07) is 5.23. The van der Waals surface area contributed by atoms with Gasteiger partial charge in [0.1, 0.15) is 0 Å². The van der Waals surface area contributed by atoms with Crippen molar-refractivity contribution in [2.45, 2.75) is 6.10 Å². The molecule has 0 heterocycles. The Morgan fingerprint density at radius 2 is 2.00 bits per heavy atom. The van der Waals surface area contributed by atoms with E-state index in [0.29, 0.717) is 11.5 Å². The first-order chi connectivity index (χ1) is 7.22. The van der Waals surface area contributed by atoms with Crippen LogP contribution in [0.4, 0.5) is 0 Å². The Labute approximate surface area is 88.8 Å². The van der Waals surface area contributed by atoms with E-state index in [2.05, 4.69) is 5.43 Å². The second-order valence-electron chi connectivity index (χ2n) is 3.04. The van der Waals surface area contributed by atoms with Crippen molar-refractivity contribution in [3.63, 3.8) is 0 Å². The highest BCUT2D eigenvalue weighted by Crippen LogP contribution is 2.29. The predicted molar refractivity (Wildman–Crippen MR) is 56.7 cm³/mol. The first-order valence-electron chi connectivity index (χ1n) is 4.56. The summed E-state index contributed by atoms with van der Waals surface area (Å²) in [6.45, 7) is 0.287. The second kappa shape index (κ2) is 5.55. The van der Waals surface area contributed by atoms with E-state index in [0.717, 1.165) is 5.56 Å². The molecule has 0 aliphatic carbocycles. The quantitative estimate of drug-likeness (QED) is 0.480. The lowest BCUT2D eigenvalue weighted by Crippen LogP contribution is -2.27. The molecular formula is C10H16N2O3. The standard InChI is InChI=1S/C10H16N2O3/c1-14-9-4-3-7(5-10(9)15-2)8(13)6-12-11/h3-5,8,12-13H,6,11H2,1-2H3. The fourth-order valence-electron chi connectivity index (χ4n) is 1.29. The van der Waals surface area contributed by atoms with Gasteiger partial charge in [0, 0.05) is 6.54 Å². The molecule has 1 aromatic carbocycles. The van der Waals surface area contributed by atoms with Crippen molar-refractivity contribution in [1.82, 2.24) is 5.43 Å². The van der Waals surface area contributed by atoms with E-state index >= 15 is 0 Å². The van der Waals surface area contributed by atoms with Gasteiger partial charge in [0.05, 0.1) is 20.3 Å². The van der Waals surface area contributed by atoms with Gasteiger partial charge in [-0.3, -0.25) is 11.3 Å². The maximum atomic E-state index is 9.67. The van der Waals surface area contributed by atoms with Crippen molar-refractivity contribution in [2.75, 3.05) is 20.8 Å². The van der Waals surface area contributed by atoms with Crippen molar-refractivity contribution < 1.29 is 14.6 Å². The summed E-state index contributed by atoms with van der Waals surface area (Å²) >= 11 is 0. The van der Waals surface area contributed by atoms with Crippen LogP contribution in [0.25, 0.3) is 0 Å². The van der Waals surface area contributed by atoms with Crippen LogP contribution in [0.5, 0.6) is 11.5 Å². The van der Waals surface area contributed by atoms with E-state index in [1.165, 1.54) is 0 Å². The largest absolute Gasteiger partial charge is 0.493 e. The van der Waals surface area contributed by atoms with Crippen molar-refractivity contribution in [3.8, 4) is 11.5 Å². The number of benzene rings is 1. The number of ether oxygens (including phenoxy) is 2. The summed E-state index contributed by atoms with van der Waals surface area (Å²) in [5, 5.41) is 9.67. The summed E-state index contributed by atoms with van der Waals surface area (Å²) in [6.07, 6.45) is -0.658. The fourth-order valence-corrected chi connectivity index (χ4v) is 1.29. The highest BCUT2D eigenvalue weighted by molar-refractivity contribution is 5.43. The van der Waals surface area contributed by atoms with Crippen molar-refractivity contribution in [2.24, 2.45) is 5.84 Å². The molecule has 0 saturated carbocycles. The van der Waals surface area contributed by atoms with Gasteiger partial charge in [-0.2, -0.15) is 0 Å². The predicted octanol–water partition coefficient (Wildman–Crippen LogP) is 0.200. The first kappa shape index (κ1) is 11.8. The van der Waals surface area contributed by atoms with E-state index in [1.54, 1.807) is 32.4 Å². The topological polar surface area (TPSA) is 76.7 Å². The highest BCUT2D eigenvalue weighted by Gasteiger charge is 2.10. The number of methoxy groups -OCH3 is 2. The van der Waals surface area contributed by atoms with Crippen LogP contribution in [0.3, 0.4) is 0 Å². The summed E-state index contributed by atoms with van der Waals surface area (Å²) in [7, 11) is 3.12. The number of nitrogens with two attached hydrogens (primary N) is 1.